The largest absolute Gasteiger partial charge is 0.368 e. The molecular formula is C16H16F2N4S. The van der Waals surface area contributed by atoms with Gasteiger partial charge in [-0.2, -0.15) is 0 Å². The number of nitrogens with one attached hydrogen (secondary N) is 1. The van der Waals surface area contributed by atoms with Gasteiger partial charge in [0.05, 0.1) is 5.69 Å². The molecular weight excluding hydrogens is 318 g/mol. The Hall–Kier alpha value is -2.28. The maximum Gasteiger partial charge on any atom is 0.173 e. The van der Waals surface area contributed by atoms with Crippen LogP contribution < -0.4 is 10.2 Å². The van der Waals surface area contributed by atoms with Crippen LogP contribution in [0.3, 0.4) is 0 Å². The van der Waals surface area contributed by atoms with Crippen molar-refractivity contribution in [3.8, 4) is 0 Å². The minimum absolute atomic E-state index is 0.0616. The van der Waals surface area contributed by atoms with Crippen LogP contribution in [0.2, 0.25) is 0 Å². The van der Waals surface area contributed by atoms with Crippen LogP contribution in [0.1, 0.15) is 0 Å². The Balaban J connectivity index is 1.59. The van der Waals surface area contributed by atoms with Gasteiger partial charge in [0.1, 0.15) is 11.6 Å². The van der Waals surface area contributed by atoms with Crippen molar-refractivity contribution in [1.82, 2.24) is 9.88 Å². The number of pyridine rings is 1. The summed E-state index contributed by atoms with van der Waals surface area (Å²) in [6.07, 6.45) is 3.53. The molecule has 7 heteroatoms. The fourth-order valence-electron chi connectivity index (χ4n) is 2.51. The lowest BCUT2D eigenvalue weighted by Gasteiger charge is -2.37. The van der Waals surface area contributed by atoms with Crippen LogP contribution in [0, 0.1) is 11.6 Å². The van der Waals surface area contributed by atoms with Crippen molar-refractivity contribution >= 4 is 28.7 Å². The molecule has 0 amide bonds. The standard InChI is InChI=1S/C16H16F2N4S/c17-12-1-2-14(18)15(11-12)20-16(23)22-9-7-21(8-10-22)13-3-5-19-6-4-13/h1-6,11H,7-10H2,(H,20,23). The summed E-state index contributed by atoms with van der Waals surface area (Å²) in [6.45, 7) is 3.03. The van der Waals surface area contributed by atoms with Crippen LogP contribution >= 0.6 is 12.2 Å². The van der Waals surface area contributed by atoms with Crippen molar-refractivity contribution in [2.75, 3.05) is 36.4 Å². The second-order valence-electron chi connectivity index (χ2n) is 5.23. The highest BCUT2D eigenvalue weighted by Crippen LogP contribution is 2.18. The predicted molar refractivity (Wildman–Crippen MR) is 90.6 cm³/mol. The maximum absolute atomic E-state index is 13.7. The summed E-state index contributed by atoms with van der Waals surface area (Å²) >= 11 is 5.31. The van der Waals surface area contributed by atoms with E-state index in [2.05, 4.69) is 15.2 Å². The number of halogens is 2. The van der Waals surface area contributed by atoms with E-state index in [0.29, 0.717) is 18.2 Å². The van der Waals surface area contributed by atoms with E-state index in [9.17, 15) is 8.78 Å². The predicted octanol–water partition coefficient (Wildman–Crippen LogP) is 2.88. The van der Waals surface area contributed by atoms with Gasteiger partial charge in [-0.25, -0.2) is 8.78 Å². The van der Waals surface area contributed by atoms with E-state index in [0.717, 1.165) is 37.0 Å². The Labute approximate surface area is 138 Å². The SMILES string of the molecule is Fc1ccc(F)c(NC(=S)N2CCN(c3ccncc3)CC2)c1. The first-order valence-electron chi connectivity index (χ1n) is 7.29. The highest BCUT2D eigenvalue weighted by Gasteiger charge is 2.19. The van der Waals surface area contributed by atoms with Gasteiger partial charge in [0.2, 0.25) is 0 Å². The number of anilines is 2. The van der Waals surface area contributed by atoms with Crippen molar-refractivity contribution in [3.63, 3.8) is 0 Å². The quantitative estimate of drug-likeness (QED) is 0.854. The molecule has 1 aromatic heterocycles. The first-order valence-corrected chi connectivity index (χ1v) is 7.70. The second-order valence-corrected chi connectivity index (χ2v) is 5.62. The molecule has 120 valence electrons. The van der Waals surface area contributed by atoms with Gasteiger partial charge in [0, 0.05) is 50.3 Å². The molecule has 4 nitrogen and oxygen atoms in total. The fraction of sp³-hybridized carbons (Fsp3) is 0.250. The minimum Gasteiger partial charge on any atom is -0.368 e. The monoisotopic (exact) mass is 334 g/mol. The Morgan fingerprint density at radius 2 is 1.74 bits per heavy atom. The van der Waals surface area contributed by atoms with E-state index >= 15 is 0 Å². The molecule has 23 heavy (non-hydrogen) atoms. The summed E-state index contributed by atoms with van der Waals surface area (Å²) in [5, 5.41) is 3.20. The van der Waals surface area contributed by atoms with Crippen molar-refractivity contribution in [2.24, 2.45) is 0 Å². The van der Waals surface area contributed by atoms with Gasteiger partial charge >= 0.3 is 0 Å². The summed E-state index contributed by atoms with van der Waals surface area (Å²) in [4.78, 5) is 8.21. The van der Waals surface area contributed by atoms with Crippen LogP contribution in [-0.2, 0) is 0 Å². The zero-order valence-electron chi connectivity index (χ0n) is 12.4. The van der Waals surface area contributed by atoms with Gasteiger partial charge in [0.25, 0.3) is 0 Å². The summed E-state index contributed by atoms with van der Waals surface area (Å²) in [7, 11) is 0. The van der Waals surface area contributed by atoms with E-state index in [4.69, 9.17) is 12.2 Å². The van der Waals surface area contributed by atoms with Crippen molar-refractivity contribution in [3.05, 3.63) is 54.4 Å². The fourth-order valence-corrected chi connectivity index (χ4v) is 2.80. The molecule has 2 heterocycles. The highest BCUT2D eigenvalue weighted by molar-refractivity contribution is 7.80. The average Bonchev–Trinajstić information content (AvgIpc) is 2.59. The second kappa shape index (κ2) is 6.87. The number of rotatable bonds is 2. The van der Waals surface area contributed by atoms with Gasteiger partial charge in [-0.15, -0.1) is 0 Å². The maximum atomic E-state index is 13.7. The van der Waals surface area contributed by atoms with Gasteiger partial charge < -0.3 is 15.1 Å². The Morgan fingerprint density at radius 3 is 2.43 bits per heavy atom. The van der Waals surface area contributed by atoms with Crippen LogP contribution in [0.15, 0.2) is 42.7 Å². The number of hydrogen-bond acceptors (Lipinski definition) is 3. The van der Waals surface area contributed by atoms with E-state index in [1.165, 1.54) is 0 Å². The number of piperazine rings is 1. The van der Waals surface area contributed by atoms with Crippen LogP contribution in [-0.4, -0.2) is 41.2 Å². The van der Waals surface area contributed by atoms with Gasteiger partial charge in [0.15, 0.2) is 5.11 Å². The summed E-state index contributed by atoms with van der Waals surface area (Å²) < 4.78 is 26.9. The molecule has 1 aliphatic heterocycles. The van der Waals surface area contributed by atoms with E-state index in [1.54, 1.807) is 12.4 Å². The van der Waals surface area contributed by atoms with Gasteiger partial charge in [-0.05, 0) is 36.5 Å². The lowest BCUT2D eigenvalue weighted by molar-refractivity contribution is 0.390. The first kappa shape index (κ1) is 15.6. The number of hydrogen-bond donors (Lipinski definition) is 1. The third-order valence-corrected chi connectivity index (χ3v) is 4.13. The topological polar surface area (TPSA) is 31.4 Å². The Morgan fingerprint density at radius 1 is 1.04 bits per heavy atom. The van der Waals surface area contributed by atoms with Crippen LogP contribution in [0.5, 0.6) is 0 Å². The molecule has 0 aliphatic carbocycles. The molecule has 0 saturated carbocycles. The van der Waals surface area contributed by atoms with E-state index in [-0.39, 0.29) is 5.69 Å². The van der Waals surface area contributed by atoms with Crippen LogP contribution in [0.25, 0.3) is 0 Å². The molecule has 0 unspecified atom stereocenters. The summed E-state index contributed by atoms with van der Waals surface area (Å²) in [5.41, 5.74) is 1.18. The molecule has 0 bridgehead atoms. The summed E-state index contributed by atoms with van der Waals surface area (Å²) in [5.74, 6) is -1.02. The zero-order valence-corrected chi connectivity index (χ0v) is 13.2. The van der Waals surface area contributed by atoms with Crippen molar-refractivity contribution < 1.29 is 8.78 Å². The molecule has 1 fully saturated rings. The molecule has 1 saturated heterocycles. The smallest absolute Gasteiger partial charge is 0.173 e. The Kier molecular flexibility index (Phi) is 4.66. The Bertz CT molecular complexity index is 688. The molecule has 0 radical (unpaired) electrons. The van der Waals surface area contributed by atoms with Crippen molar-refractivity contribution in [2.45, 2.75) is 0 Å². The molecule has 2 aromatic rings. The van der Waals surface area contributed by atoms with Crippen LogP contribution in [0.4, 0.5) is 20.2 Å². The van der Waals surface area contributed by atoms with Gasteiger partial charge in [-0.3, -0.25) is 4.98 Å². The number of aromatic nitrogens is 1. The molecule has 0 atom stereocenters. The minimum atomic E-state index is -0.524. The summed E-state index contributed by atoms with van der Waals surface area (Å²) in [6, 6.07) is 7.20. The zero-order chi connectivity index (χ0) is 16.2. The van der Waals surface area contributed by atoms with E-state index in [1.807, 2.05) is 17.0 Å². The number of thiocarbonyl (C=S) groups is 1. The van der Waals surface area contributed by atoms with E-state index < -0.39 is 11.6 Å². The third-order valence-electron chi connectivity index (χ3n) is 3.76. The first-order chi connectivity index (χ1) is 11.1. The molecule has 3 rings (SSSR count). The lowest BCUT2D eigenvalue weighted by atomic mass is 10.2. The molecule has 1 N–H and O–H groups in total. The lowest BCUT2D eigenvalue weighted by Crippen LogP contribution is -2.50. The molecule has 0 spiro atoms. The number of benzene rings is 1. The average molecular weight is 334 g/mol. The highest BCUT2D eigenvalue weighted by atomic mass is 32.1. The molecule has 1 aliphatic rings. The van der Waals surface area contributed by atoms with Crippen molar-refractivity contribution in [1.29, 1.82) is 0 Å². The number of nitrogens with zero attached hydrogens (tertiary/aromatic N) is 3. The third kappa shape index (κ3) is 3.73. The molecule has 1 aromatic carbocycles. The normalized spacial score (nSPS) is 14.7. The van der Waals surface area contributed by atoms with Gasteiger partial charge in [-0.1, -0.05) is 0 Å².